The largest absolute Gasteiger partial charge is 0.376 e. The average molecular weight is 328 g/mol. The van der Waals surface area contributed by atoms with Crippen LogP contribution in [0.25, 0.3) is 6.08 Å². The number of carbonyl (C=O) groups is 1. The molecule has 0 saturated carbocycles. The van der Waals surface area contributed by atoms with Crippen LogP contribution in [0.5, 0.6) is 0 Å². The number of carbonyl (C=O) groups excluding carboxylic acids is 1. The van der Waals surface area contributed by atoms with E-state index < -0.39 is 0 Å². The second-order valence-corrected chi connectivity index (χ2v) is 5.30. The van der Waals surface area contributed by atoms with Crippen molar-refractivity contribution in [3.05, 3.63) is 40.1 Å². The molecule has 0 spiro atoms. The number of hydrogen-bond donors (Lipinski definition) is 1. The fraction of sp³-hybridized carbons (Fsp3) is 0.357. The zero-order chi connectivity index (χ0) is 13.7. The van der Waals surface area contributed by atoms with Crippen LogP contribution in [-0.2, 0) is 9.53 Å². The smallest absolute Gasteiger partial charge is 0.244 e. The molecular weight excluding hydrogens is 313 g/mol. The number of ether oxygens (including phenoxy) is 1. The second kappa shape index (κ2) is 6.82. The van der Waals surface area contributed by atoms with E-state index in [-0.39, 0.29) is 17.8 Å². The Morgan fingerprint density at radius 2 is 2.42 bits per heavy atom. The maximum atomic E-state index is 13.4. The van der Waals surface area contributed by atoms with Gasteiger partial charge in [0.2, 0.25) is 5.91 Å². The van der Waals surface area contributed by atoms with Gasteiger partial charge in [-0.15, -0.1) is 0 Å². The summed E-state index contributed by atoms with van der Waals surface area (Å²) < 4.78 is 19.6. The van der Waals surface area contributed by atoms with Crippen LogP contribution in [0.4, 0.5) is 4.39 Å². The van der Waals surface area contributed by atoms with Gasteiger partial charge in [0, 0.05) is 29.3 Å². The van der Waals surface area contributed by atoms with Gasteiger partial charge in [0.25, 0.3) is 0 Å². The van der Waals surface area contributed by atoms with E-state index in [0.29, 0.717) is 12.1 Å². The van der Waals surface area contributed by atoms with Crippen LogP contribution in [0.15, 0.2) is 28.7 Å². The summed E-state index contributed by atoms with van der Waals surface area (Å²) in [7, 11) is 0. The molecule has 3 nitrogen and oxygen atoms in total. The standard InChI is InChI=1S/C14H15BrFNO2/c15-11-4-5-13(16)10(8-11)3-6-14(18)17-9-12-2-1-7-19-12/h3-6,8,12H,1-2,7,9H2,(H,17,18)/b6-3+/t12-/m1/s1. The highest BCUT2D eigenvalue weighted by molar-refractivity contribution is 9.10. The van der Waals surface area contributed by atoms with Crippen molar-refractivity contribution in [2.24, 2.45) is 0 Å². The molecule has 1 amide bonds. The molecule has 2 rings (SSSR count). The van der Waals surface area contributed by atoms with Gasteiger partial charge in [-0.2, -0.15) is 0 Å². The molecule has 1 aliphatic heterocycles. The van der Waals surface area contributed by atoms with Gasteiger partial charge < -0.3 is 10.1 Å². The molecule has 1 aromatic carbocycles. The summed E-state index contributed by atoms with van der Waals surface area (Å²) in [5, 5.41) is 2.74. The maximum absolute atomic E-state index is 13.4. The molecule has 0 aliphatic carbocycles. The number of rotatable bonds is 4. The van der Waals surface area contributed by atoms with Crippen molar-refractivity contribution >= 4 is 27.9 Å². The lowest BCUT2D eigenvalue weighted by atomic mass is 10.2. The van der Waals surface area contributed by atoms with Gasteiger partial charge in [0.05, 0.1) is 6.10 Å². The number of benzene rings is 1. The van der Waals surface area contributed by atoms with Gasteiger partial charge >= 0.3 is 0 Å². The summed E-state index contributed by atoms with van der Waals surface area (Å²) in [6.45, 7) is 1.27. The highest BCUT2D eigenvalue weighted by Gasteiger charge is 2.15. The molecule has 0 bridgehead atoms. The number of amides is 1. The van der Waals surface area contributed by atoms with Crippen LogP contribution in [0.3, 0.4) is 0 Å². The van der Waals surface area contributed by atoms with Gasteiger partial charge in [0.15, 0.2) is 0 Å². The molecule has 0 radical (unpaired) electrons. The molecule has 0 aromatic heterocycles. The highest BCUT2D eigenvalue weighted by atomic mass is 79.9. The van der Waals surface area contributed by atoms with E-state index in [4.69, 9.17) is 4.74 Å². The van der Waals surface area contributed by atoms with Crippen LogP contribution in [0, 0.1) is 5.82 Å². The second-order valence-electron chi connectivity index (χ2n) is 4.38. The van der Waals surface area contributed by atoms with Crippen molar-refractivity contribution in [2.45, 2.75) is 18.9 Å². The monoisotopic (exact) mass is 327 g/mol. The molecule has 1 aliphatic rings. The first-order chi connectivity index (χ1) is 9.15. The minimum absolute atomic E-state index is 0.111. The van der Waals surface area contributed by atoms with Crippen molar-refractivity contribution < 1.29 is 13.9 Å². The van der Waals surface area contributed by atoms with Crippen molar-refractivity contribution in [1.82, 2.24) is 5.32 Å². The first-order valence-corrected chi connectivity index (χ1v) is 6.97. The third-order valence-corrected chi connectivity index (χ3v) is 3.39. The first kappa shape index (κ1) is 14.2. The van der Waals surface area contributed by atoms with Crippen LogP contribution in [0.1, 0.15) is 18.4 Å². The Morgan fingerprint density at radius 1 is 1.58 bits per heavy atom. The van der Waals surface area contributed by atoms with E-state index in [9.17, 15) is 9.18 Å². The maximum Gasteiger partial charge on any atom is 0.244 e. The molecule has 1 N–H and O–H groups in total. The lowest BCUT2D eigenvalue weighted by Crippen LogP contribution is -2.30. The Labute approximate surface area is 120 Å². The molecular formula is C14H15BrFNO2. The van der Waals surface area contributed by atoms with Gasteiger partial charge in [-0.3, -0.25) is 4.79 Å². The minimum atomic E-state index is -0.355. The molecule has 1 saturated heterocycles. The molecule has 0 unspecified atom stereocenters. The molecule has 102 valence electrons. The third-order valence-electron chi connectivity index (χ3n) is 2.90. The highest BCUT2D eigenvalue weighted by Crippen LogP contribution is 2.16. The molecule has 1 heterocycles. The van der Waals surface area contributed by atoms with E-state index in [1.54, 1.807) is 12.1 Å². The normalized spacial score (nSPS) is 18.9. The van der Waals surface area contributed by atoms with Crippen LogP contribution in [0.2, 0.25) is 0 Å². The Kier molecular flexibility index (Phi) is 5.10. The van der Waals surface area contributed by atoms with Crippen molar-refractivity contribution in [3.63, 3.8) is 0 Å². The topological polar surface area (TPSA) is 38.3 Å². The predicted octanol–water partition coefficient (Wildman–Crippen LogP) is 2.90. The van der Waals surface area contributed by atoms with Crippen LogP contribution < -0.4 is 5.32 Å². The summed E-state index contributed by atoms with van der Waals surface area (Å²) in [5.74, 6) is -0.596. The Bertz CT molecular complexity index is 484. The van der Waals surface area contributed by atoms with Gasteiger partial charge in [-0.1, -0.05) is 15.9 Å². The van der Waals surface area contributed by atoms with Crippen molar-refractivity contribution in [1.29, 1.82) is 0 Å². The summed E-state index contributed by atoms with van der Waals surface area (Å²) in [6.07, 6.45) is 4.93. The van der Waals surface area contributed by atoms with Crippen LogP contribution in [-0.4, -0.2) is 25.2 Å². The van der Waals surface area contributed by atoms with Gasteiger partial charge in [-0.25, -0.2) is 4.39 Å². The minimum Gasteiger partial charge on any atom is -0.376 e. The fourth-order valence-corrected chi connectivity index (χ4v) is 2.27. The molecule has 19 heavy (non-hydrogen) atoms. The summed E-state index contributed by atoms with van der Waals surface area (Å²) >= 11 is 3.26. The van der Waals surface area contributed by atoms with E-state index in [2.05, 4.69) is 21.2 Å². The quantitative estimate of drug-likeness (QED) is 0.863. The molecule has 5 heteroatoms. The lowest BCUT2D eigenvalue weighted by molar-refractivity contribution is -0.116. The zero-order valence-corrected chi connectivity index (χ0v) is 12.0. The average Bonchev–Trinajstić information content (AvgIpc) is 2.90. The molecule has 1 fully saturated rings. The predicted molar refractivity (Wildman–Crippen MR) is 75.1 cm³/mol. The molecule has 1 atom stereocenters. The fourth-order valence-electron chi connectivity index (χ4n) is 1.89. The third kappa shape index (κ3) is 4.44. The number of hydrogen-bond acceptors (Lipinski definition) is 2. The Morgan fingerprint density at radius 3 is 3.16 bits per heavy atom. The summed E-state index contributed by atoms with van der Waals surface area (Å²) in [4.78, 5) is 11.6. The van der Waals surface area contributed by atoms with E-state index in [1.165, 1.54) is 18.2 Å². The Hall–Kier alpha value is -1.20. The first-order valence-electron chi connectivity index (χ1n) is 6.18. The number of halogens is 2. The summed E-state index contributed by atoms with van der Waals surface area (Å²) in [6, 6.07) is 4.59. The van der Waals surface area contributed by atoms with Gasteiger partial charge in [0.1, 0.15) is 5.82 Å². The van der Waals surface area contributed by atoms with Gasteiger partial charge in [-0.05, 0) is 37.1 Å². The number of nitrogens with one attached hydrogen (secondary N) is 1. The molecule has 1 aromatic rings. The Balaban J connectivity index is 1.86. The zero-order valence-electron chi connectivity index (χ0n) is 10.4. The van der Waals surface area contributed by atoms with Crippen LogP contribution >= 0.6 is 15.9 Å². The summed E-state index contributed by atoms with van der Waals surface area (Å²) in [5.41, 5.74) is 0.377. The van der Waals surface area contributed by atoms with E-state index in [1.807, 2.05) is 0 Å². The van der Waals surface area contributed by atoms with Crippen molar-refractivity contribution in [3.8, 4) is 0 Å². The van der Waals surface area contributed by atoms with E-state index >= 15 is 0 Å². The van der Waals surface area contributed by atoms with E-state index in [0.717, 1.165) is 23.9 Å². The lowest BCUT2D eigenvalue weighted by Gasteiger charge is -2.08. The SMILES string of the molecule is O=C(/C=C/c1cc(Br)ccc1F)NC[C@H]1CCCO1. The van der Waals surface area contributed by atoms with Crippen molar-refractivity contribution in [2.75, 3.05) is 13.2 Å².